The van der Waals surface area contributed by atoms with Crippen molar-refractivity contribution in [1.29, 1.82) is 5.26 Å². The van der Waals surface area contributed by atoms with E-state index in [9.17, 15) is 10.1 Å². The van der Waals surface area contributed by atoms with Gasteiger partial charge < -0.3 is 5.32 Å². The summed E-state index contributed by atoms with van der Waals surface area (Å²) >= 11 is 0. The van der Waals surface area contributed by atoms with Crippen molar-refractivity contribution >= 4 is 5.91 Å². The van der Waals surface area contributed by atoms with Gasteiger partial charge in [0.1, 0.15) is 5.54 Å². The Bertz CT molecular complexity index is 870. The Kier molecular flexibility index (Phi) is 7.24. The molecule has 1 saturated heterocycles. The highest BCUT2D eigenvalue weighted by molar-refractivity contribution is 5.82. The largest absolute Gasteiger partial charge is 0.336 e. The van der Waals surface area contributed by atoms with Crippen molar-refractivity contribution in [2.45, 2.75) is 56.7 Å². The molecule has 0 bridgehead atoms. The molecule has 32 heavy (non-hydrogen) atoms. The molecule has 1 amide bonds. The van der Waals surface area contributed by atoms with E-state index in [1.54, 1.807) is 0 Å². The Morgan fingerprint density at radius 2 is 1.38 bits per heavy atom. The van der Waals surface area contributed by atoms with Gasteiger partial charge in [0.05, 0.1) is 18.2 Å². The minimum Gasteiger partial charge on any atom is -0.336 e. The van der Waals surface area contributed by atoms with E-state index in [1.807, 2.05) is 6.92 Å². The molecule has 2 aromatic carbocycles. The summed E-state index contributed by atoms with van der Waals surface area (Å²) < 4.78 is 0. The topological polar surface area (TPSA) is 59.4 Å². The summed E-state index contributed by atoms with van der Waals surface area (Å²) in [7, 11) is 0. The minimum absolute atomic E-state index is 0.00966. The molecule has 1 unspecified atom stereocenters. The third-order valence-corrected chi connectivity index (χ3v) is 7.16. The van der Waals surface area contributed by atoms with Crippen molar-refractivity contribution in [2.75, 3.05) is 26.2 Å². The number of nitrogens with one attached hydrogen (secondary N) is 1. The van der Waals surface area contributed by atoms with Gasteiger partial charge >= 0.3 is 0 Å². The molecule has 168 valence electrons. The van der Waals surface area contributed by atoms with E-state index < -0.39 is 5.54 Å². The SMILES string of the molecule is CC(C(=O)NC1(C#N)CCCCC1)N1CCN(C(c2ccccc2)c2ccccc2)CC1. The molecular weight excluding hydrogens is 396 g/mol. The van der Waals surface area contributed by atoms with Crippen molar-refractivity contribution in [2.24, 2.45) is 0 Å². The number of hydrogen-bond acceptors (Lipinski definition) is 4. The van der Waals surface area contributed by atoms with E-state index >= 15 is 0 Å². The molecule has 2 aliphatic rings. The summed E-state index contributed by atoms with van der Waals surface area (Å²) in [5, 5.41) is 12.8. The molecule has 5 nitrogen and oxygen atoms in total. The summed E-state index contributed by atoms with van der Waals surface area (Å²) in [6, 6.07) is 23.7. The van der Waals surface area contributed by atoms with Gasteiger partial charge in [-0.05, 0) is 30.9 Å². The molecule has 0 aromatic heterocycles. The van der Waals surface area contributed by atoms with Gasteiger partial charge in [-0.3, -0.25) is 14.6 Å². The summed E-state index contributed by atoms with van der Waals surface area (Å²) in [6.45, 7) is 5.45. The average molecular weight is 431 g/mol. The van der Waals surface area contributed by atoms with Crippen LogP contribution in [0.25, 0.3) is 0 Å². The second kappa shape index (κ2) is 10.3. The van der Waals surface area contributed by atoms with Gasteiger partial charge in [0.15, 0.2) is 0 Å². The Balaban J connectivity index is 1.41. The van der Waals surface area contributed by atoms with Crippen LogP contribution in [0.2, 0.25) is 0 Å². The molecule has 1 aliphatic carbocycles. The molecule has 0 spiro atoms. The molecule has 1 heterocycles. The highest BCUT2D eigenvalue weighted by Crippen LogP contribution is 2.30. The second-order valence-electron chi connectivity index (χ2n) is 9.22. The highest BCUT2D eigenvalue weighted by atomic mass is 16.2. The Morgan fingerprint density at radius 1 is 0.875 bits per heavy atom. The number of nitriles is 1. The van der Waals surface area contributed by atoms with Crippen LogP contribution in [0.4, 0.5) is 0 Å². The molecule has 4 rings (SSSR count). The predicted molar refractivity (Wildman–Crippen MR) is 127 cm³/mol. The lowest BCUT2D eigenvalue weighted by atomic mass is 9.82. The molecule has 1 aliphatic heterocycles. The fourth-order valence-corrected chi connectivity index (χ4v) is 5.19. The first-order valence-corrected chi connectivity index (χ1v) is 11.9. The molecule has 2 fully saturated rings. The zero-order chi connectivity index (χ0) is 22.4. The van der Waals surface area contributed by atoms with E-state index in [-0.39, 0.29) is 18.0 Å². The standard InChI is InChI=1S/C27H34N4O/c1-22(26(32)29-27(21-28)15-9-4-10-16-27)30-17-19-31(20-18-30)25(23-11-5-2-6-12-23)24-13-7-3-8-14-24/h2-3,5-8,11-14,22,25H,4,9-10,15-20H2,1H3,(H,29,32). The lowest BCUT2D eigenvalue weighted by Gasteiger charge is -2.42. The summed E-state index contributed by atoms with van der Waals surface area (Å²) in [6.07, 6.45) is 4.72. The van der Waals surface area contributed by atoms with E-state index in [0.29, 0.717) is 0 Å². The van der Waals surface area contributed by atoms with Crippen LogP contribution in [-0.2, 0) is 4.79 Å². The summed E-state index contributed by atoms with van der Waals surface area (Å²) in [4.78, 5) is 17.8. The number of amides is 1. The maximum atomic E-state index is 13.0. The first kappa shape index (κ1) is 22.5. The fourth-order valence-electron chi connectivity index (χ4n) is 5.19. The monoisotopic (exact) mass is 430 g/mol. The molecule has 0 radical (unpaired) electrons. The molecule has 2 aromatic rings. The van der Waals surface area contributed by atoms with E-state index in [2.05, 4.69) is 81.8 Å². The van der Waals surface area contributed by atoms with Crippen molar-refractivity contribution < 1.29 is 4.79 Å². The second-order valence-corrected chi connectivity index (χ2v) is 9.22. The zero-order valence-corrected chi connectivity index (χ0v) is 19.0. The number of carbonyl (C=O) groups excluding carboxylic acids is 1. The van der Waals surface area contributed by atoms with Gasteiger partial charge in [-0.15, -0.1) is 0 Å². The third-order valence-electron chi connectivity index (χ3n) is 7.16. The molecule has 1 atom stereocenters. The quantitative estimate of drug-likeness (QED) is 0.749. The number of piperazine rings is 1. The smallest absolute Gasteiger partial charge is 0.238 e. The van der Waals surface area contributed by atoms with Crippen molar-refractivity contribution in [1.82, 2.24) is 15.1 Å². The van der Waals surface area contributed by atoms with Gasteiger partial charge in [0, 0.05) is 26.2 Å². The van der Waals surface area contributed by atoms with Crippen LogP contribution < -0.4 is 5.32 Å². The maximum Gasteiger partial charge on any atom is 0.238 e. The van der Waals surface area contributed by atoms with Gasteiger partial charge in [-0.2, -0.15) is 5.26 Å². The van der Waals surface area contributed by atoms with Crippen LogP contribution in [0, 0.1) is 11.3 Å². The van der Waals surface area contributed by atoms with Crippen LogP contribution >= 0.6 is 0 Å². The fraction of sp³-hybridized carbons (Fsp3) is 0.481. The van der Waals surface area contributed by atoms with Crippen LogP contribution in [0.15, 0.2) is 60.7 Å². The minimum atomic E-state index is -0.670. The first-order chi connectivity index (χ1) is 15.6. The van der Waals surface area contributed by atoms with Gasteiger partial charge in [0.25, 0.3) is 0 Å². The number of nitrogens with zero attached hydrogens (tertiary/aromatic N) is 3. The molecular formula is C27H34N4O. The van der Waals surface area contributed by atoms with Gasteiger partial charge in [-0.1, -0.05) is 79.9 Å². The Hall–Kier alpha value is -2.68. The lowest BCUT2D eigenvalue weighted by molar-refractivity contribution is -0.128. The predicted octanol–water partition coefficient (Wildman–Crippen LogP) is 4.12. The lowest BCUT2D eigenvalue weighted by Crippen LogP contribution is -2.58. The maximum absolute atomic E-state index is 13.0. The van der Waals surface area contributed by atoms with Crippen molar-refractivity contribution in [3.8, 4) is 6.07 Å². The Morgan fingerprint density at radius 3 is 1.88 bits per heavy atom. The molecule has 1 N–H and O–H groups in total. The van der Waals surface area contributed by atoms with Crippen LogP contribution in [-0.4, -0.2) is 53.5 Å². The van der Waals surface area contributed by atoms with Crippen LogP contribution in [0.1, 0.15) is 56.2 Å². The number of carbonyl (C=O) groups is 1. The zero-order valence-electron chi connectivity index (χ0n) is 19.0. The van der Waals surface area contributed by atoms with Gasteiger partial charge in [-0.25, -0.2) is 0 Å². The molecule has 5 heteroatoms. The van der Waals surface area contributed by atoms with E-state index in [0.717, 1.165) is 58.3 Å². The summed E-state index contributed by atoms with van der Waals surface area (Å²) in [5.41, 5.74) is 1.93. The highest BCUT2D eigenvalue weighted by Gasteiger charge is 2.37. The normalized spacial score (nSPS) is 20.4. The first-order valence-electron chi connectivity index (χ1n) is 11.9. The summed E-state index contributed by atoms with van der Waals surface area (Å²) in [5.74, 6) is -0.00966. The number of hydrogen-bond donors (Lipinski definition) is 1. The van der Waals surface area contributed by atoms with E-state index in [1.165, 1.54) is 11.1 Å². The third kappa shape index (κ3) is 5.03. The number of benzene rings is 2. The van der Waals surface area contributed by atoms with Gasteiger partial charge in [0.2, 0.25) is 5.91 Å². The van der Waals surface area contributed by atoms with Crippen LogP contribution in [0.3, 0.4) is 0 Å². The van der Waals surface area contributed by atoms with E-state index in [4.69, 9.17) is 0 Å². The number of rotatable bonds is 6. The van der Waals surface area contributed by atoms with Crippen molar-refractivity contribution in [3.63, 3.8) is 0 Å². The van der Waals surface area contributed by atoms with Crippen LogP contribution in [0.5, 0.6) is 0 Å². The average Bonchev–Trinajstić information content (AvgIpc) is 2.86. The molecule has 1 saturated carbocycles. The Labute approximate surface area is 192 Å². The van der Waals surface area contributed by atoms with Crippen molar-refractivity contribution in [3.05, 3.63) is 71.8 Å².